The van der Waals surface area contributed by atoms with Crippen molar-refractivity contribution in [2.24, 2.45) is 0 Å². The molecule has 0 saturated heterocycles. The minimum atomic E-state index is -1.08. The van der Waals surface area contributed by atoms with Crippen LogP contribution < -0.4 is 5.32 Å². The van der Waals surface area contributed by atoms with Crippen LogP contribution in [-0.2, 0) is 14.3 Å². The fourth-order valence-corrected chi connectivity index (χ4v) is 2.61. The van der Waals surface area contributed by atoms with Gasteiger partial charge in [-0.05, 0) is 44.5 Å². The van der Waals surface area contributed by atoms with Gasteiger partial charge in [-0.1, -0.05) is 17.7 Å². The molecule has 2 aromatic carbocycles. The van der Waals surface area contributed by atoms with Gasteiger partial charge in [-0.3, -0.25) is 24.5 Å². The van der Waals surface area contributed by atoms with E-state index in [1.165, 1.54) is 31.2 Å². The van der Waals surface area contributed by atoms with Crippen molar-refractivity contribution in [3.05, 3.63) is 69.3 Å². The third kappa shape index (κ3) is 6.24. The summed E-state index contributed by atoms with van der Waals surface area (Å²) in [6.07, 6.45) is -1.23. The Morgan fingerprint density at radius 2 is 1.72 bits per heavy atom. The molecule has 0 radical (unpaired) electrons. The van der Waals surface area contributed by atoms with Gasteiger partial charge < -0.3 is 10.1 Å². The Morgan fingerprint density at radius 3 is 2.34 bits per heavy atom. The summed E-state index contributed by atoms with van der Waals surface area (Å²) in [5.41, 5.74) is 2.61. The van der Waals surface area contributed by atoms with E-state index in [1.807, 2.05) is 26.0 Å². The van der Waals surface area contributed by atoms with E-state index in [-0.39, 0.29) is 24.3 Å². The highest BCUT2D eigenvalue weighted by Gasteiger charge is 2.19. The molecule has 0 heterocycles. The number of nitrogens with zero attached hydrogens (tertiary/aromatic N) is 1. The Hall–Kier alpha value is -3.55. The Labute approximate surface area is 168 Å². The number of carbonyl (C=O) groups excluding carboxylic acids is 3. The van der Waals surface area contributed by atoms with Crippen molar-refractivity contribution >= 4 is 29.0 Å². The van der Waals surface area contributed by atoms with Gasteiger partial charge in [0.2, 0.25) is 0 Å². The minimum Gasteiger partial charge on any atom is -0.453 e. The maximum absolute atomic E-state index is 12.3. The first kappa shape index (κ1) is 21.7. The lowest BCUT2D eigenvalue weighted by atomic mass is 9.99. The zero-order valence-electron chi connectivity index (χ0n) is 16.4. The smallest absolute Gasteiger partial charge is 0.307 e. The number of non-ortho nitro benzene ring substituents is 1. The topological polar surface area (TPSA) is 116 Å². The number of aryl methyl sites for hydroxylation is 2. The lowest BCUT2D eigenvalue weighted by Crippen LogP contribution is -2.30. The SMILES string of the molecule is Cc1ccc(C)c(C(=O)CCC(=O)OC(C)C(=O)Nc2ccc([N+](=O)[O-])cc2)c1. The van der Waals surface area contributed by atoms with Gasteiger partial charge in [0.05, 0.1) is 11.3 Å². The number of anilines is 1. The van der Waals surface area contributed by atoms with Crippen molar-refractivity contribution in [3.63, 3.8) is 0 Å². The van der Waals surface area contributed by atoms with Crippen molar-refractivity contribution in [3.8, 4) is 0 Å². The molecule has 8 heteroatoms. The predicted molar refractivity (Wildman–Crippen MR) is 107 cm³/mol. The first-order chi connectivity index (χ1) is 13.7. The van der Waals surface area contributed by atoms with Crippen molar-refractivity contribution in [2.75, 3.05) is 5.32 Å². The van der Waals surface area contributed by atoms with Gasteiger partial charge in [-0.2, -0.15) is 0 Å². The Bertz CT molecular complexity index is 937. The Morgan fingerprint density at radius 1 is 1.07 bits per heavy atom. The van der Waals surface area contributed by atoms with Crippen LogP contribution in [0, 0.1) is 24.0 Å². The lowest BCUT2D eigenvalue weighted by molar-refractivity contribution is -0.384. The molecule has 2 aromatic rings. The molecule has 1 unspecified atom stereocenters. The van der Waals surface area contributed by atoms with Gasteiger partial charge >= 0.3 is 5.97 Å². The molecular formula is C21H22N2O6. The van der Waals surface area contributed by atoms with Gasteiger partial charge in [-0.15, -0.1) is 0 Å². The van der Waals surface area contributed by atoms with Crippen molar-refractivity contribution in [1.82, 2.24) is 0 Å². The maximum atomic E-state index is 12.3. The molecule has 0 bridgehead atoms. The van der Waals surface area contributed by atoms with Crippen LogP contribution in [0.5, 0.6) is 0 Å². The van der Waals surface area contributed by atoms with Crippen LogP contribution in [0.15, 0.2) is 42.5 Å². The molecule has 0 aliphatic heterocycles. The highest BCUT2D eigenvalue weighted by molar-refractivity contribution is 5.99. The average molecular weight is 398 g/mol. The van der Waals surface area contributed by atoms with Gasteiger partial charge in [0.15, 0.2) is 11.9 Å². The number of Topliss-reactive ketones (excluding diaryl/α,β-unsaturated/α-hetero) is 1. The quantitative estimate of drug-likeness (QED) is 0.313. The molecule has 8 nitrogen and oxygen atoms in total. The number of hydrogen-bond donors (Lipinski definition) is 1. The number of nitro groups is 1. The van der Waals surface area contributed by atoms with Crippen LogP contribution >= 0.6 is 0 Å². The van der Waals surface area contributed by atoms with Crippen LogP contribution in [0.25, 0.3) is 0 Å². The number of ether oxygens (including phenoxy) is 1. The van der Waals surface area contributed by atoms with Crippen molar-refractivity contribution < 1.29 is 24.0 Å². The maximum Gasteiger partial charge on any atom is 0.307 e. The molecule has 1 atom stereocenters. The normalized spacial score (nSPS) is 11.4. The summed E-state index contributed by atoms with van der Waals surface area (Å²) in [5.74, 6) is -1.39. The van der Waals surface area contributed by atoms with Crippen molar-refractivity contribution in [1.29, 1.82) is 0 Å². The van der Waals surface area contributed by atoms with E-state index in [0.717, 1.165) is 11.1 Å². The second-order valence-electron chi connectivity index (χ2n) is 6.67. The molecule has 0 aliphatic carbocycles. The fraction of sp³-hybridized carbons (Fsp3) is 0.286. The number of ketones is 1. The van der Waals surface area contributed by atoms with Crippen LogP contribution in [0.3, 0.4) is 0 Å². The number of amides is 1. The largest absolute Gasteiger partial charge is 0.453 e. The Kier molecular flexibility index (Phi) is 7.19. The first-order valence-electron chi connectivity index (χ1n) is 9.02. The third-order valence-corrected chi connectivity index (χ3v) is 4.27. The highest BCUT2D eigenvalue weighted by Crippen LogP contribution is 2.16. The summed E-state index contributed by atoms with van der Waals surface area (Å²) >= 11 is 0. The zero-order chi connectivity index (χ0) is 21.6. The summed E-state index contributed by atoms with van der Waals surface area (Å²) in [5, 5.41) is 13.1. The van der Waals surface area contributed by atoms with Gasteiger partial charge in [0.1, 0.15) is 0 Å². The number of esters is 1. The van der Waals surface area contributed by atoms with E-state index < -0.39 is 22.9 Å². The van der Waals surface area contributed by atoms with Crippen LogP contribution in [0.1, 0.15) is 41.3 Å². The molecule has 1 N–H and O–H groups in total. The third-order valence-electron chi connectivity index (χ3n) is 4.27. The van der Waals surface area contributed by atoms with E-state index in [2.05, 4.69) is 5.32 Å². The number of hydrogen-bond acceptors (Lipinski definition) is 6. The van der Waals surface area contributed by atoms with E-state index in [4.69, 9.17) is 4.74 Å². The summed E-state index contributed by atoms with van der Waals surface area (Å²) in [4.78, 5) is 46.5. The lowest BCUT2D eigenvalue weighted by Gasteiger charge is -2.13. The minimum absolute atomic E-state index is 0.0141. The van der Waals surface area contributed by atoms with E-state index in [0.29, 0.717) is 11.3 Å². The van der Waals surface area contributed by atoms with Gasteiger partial charge in [-0.25, -0.2) is 0 Å². The molecule has 0 aliphatic rings. The second-order valence-corrected chi connectivity index (χ2v) is 6.67. The monoisotopic (exact) mass is 398 g/mol. The molecule has 152 valence electrons. The van der Waals surface area contributed by atoms with Crippen LogP contribution in [0.4, 0.5) is 11.4 Å². The summed E-state index contributed by atoms with van der Waals surface area (Å²) in [6, 6.07) is 10.8. The number of nitrogens with one attached hydrogen (secondary N) is 1. The standard InChI is InChI=1S/C21H22N2O6/c1-13-4-5-14(2)18(12-13)19(24)10-11-20(25)29-15(3)21(26)22-16-6-8-17(9-7-16)23(27)28/h4-9,12,15H,10-11H2,1-3H3,(H,22,26). The number of nitro benzene ring substituents is 1. The summed E-state index contributed by atoms with van der Waals surface area (Å²) in [7, 11) is 0. The number of benzene rings is 2. The van der Waals surface area contributed by atoms with Crippen LogP contribution in [0.2, 0.25) is 0 Å². The average Bonchev–Trinajstić information content (AvgIpc) is 2.68. The molecule has 2 rings (SSSR count). The zero-order valence-corrected chi connectivity index (χ0v) is 16.4. The van der Waals surface area contributed by atoms with Crippen LogP contribution in [-0.4, -0.2) is 28.7 Å². The van der Waals surface area contributed by atoms with E-state index in [1.54, 1.807) is 6.07 Å². The second kappa shape index (κ2) is 9.59. The molecule has 0 aromatic heterocycles. The Balaban J connectivity index is 1.84. The first-order valence-corrected chi connectivity index (χ1v) is 9.02. The van der Waals surface area contributed by atoms with E-state index in [9.17, 15) is 24.5 Å². The van der Waals surface area contributed by atoms with E-state index >= 15 is 0 Å². The molecule has 0 spiro atoms. The van der Waals surface area contributed by atoms with Crippen molar-refractivity contribution in [2.45, 2.75) is 39.7 Å². The predicted octanol–water partition coefficient (Wildman–Crippen LogP) is 3.74. The number of rotatable bonds is 8. The summed E-state index contributed by atoms with van der Waals surface area (Å²) in [6.45, 7) is 5.12. The molecule has 1 amide bonds. The van der Waals surface area contributed by atoms with Gasteiger partial charge in [0, 0.05) is 29.8 Å². The fourth-order valence-electron chi connectivity index (χ4n) is 2.61. The molecular weight excluding hydrogens is 376 g/mol. The van der Waals surface area contributed by atoms with Gasteiger partial charge in [0.25, 0.3) is 11.6 Å². The summed E-state index contributed by atoms with van der Waals surface area (Å²) < 4.78 is 5.08. The highest BCUT2D eigenvalue weighted by atomic mass is 16.6. The molecule has 0 saturated carbocycles. The number of carbonyl (C=O) groups is 3. The molecule has 29 heavy (non-hydrogen) atoms. The molecule has 0 fully saturated rings.